The van der Waals surface area contributed by atoms with Crippen LogP contribution in [-0.4, -0.2) is 11.5 Å². The van der Waals surface area contributed by atoms with Gasteiger partial charge in [0.2, 0.25) is 0 Å². The highest BCUT2D eigenvalue weighted by Gasteiger charge is 1.68. The molecule has 0 saturated heterocycles. The van der Waals surface area contributed by atoms with Gasteiger partial charge < -0.3 is 0 Å². The first-order valence-electron chi connectivity index (χ1n) is 4.41. The predicted octanol–water partition coefficient (Wildman–Crippen LogP) is 7.14. The van der Waals surface area contributed by atoms with E-state index in [0.29, 0.717) is 0 Å². The van der Waals surface area contributed by atoms with Crippen molar-refractivity contribution in [2.45, 2.75) is 84.1 Å². The highest BCUT2D eigenvalue weighted by Crippen LogP contribution is 1.93. The highest BCUT2D eigenvalue weighted by molar-refractivity contribution is 7.99. The number of thioether (sulfide) groups is 1. The van der Waals surface area contributed by atoms with Crippen molar-refractivity contribution in [2.75, 3.05) is 11.5 Å². The molecule has 104 valence electrons. The fraction of sp³-hybridized carbons (Fsp3) is 1.00. The van der Waals surface area contributed by atoms with E-state index in [1.54, 1.807) is 0 Å². The van der Waals surface area contributed by atoms with Gasteiger partial charge in [-0.2, -0.15) is 11.8 Å². The number of hydrogen-bond donors (Lipinski definition) is 0. The smallest absolute Gasteiger partial charge is 0.00961 e. The molecule has 0 atom stereocenters. The van der Waals surface area contributed by atoms with E-state index in [4.69, 9.17) is 0 Å². The summed E-state index contributed by atoms with van der Waals surface area (Å²) in [6.07, 6.45) is 4.08. The minimum atomic E-state index is 0. The molecule has 0 aliphatic heterocycles. The molecule has 0 rings (SSSR count). The first-order valence-corrected chi connectivity index (χ1v) is 5.56. The third kappa shape index (κ3) is 116. The van der Waals surface area contributed by atoms with Crippen LogP contribution in [0.3, 0.4) is 0 Å². The van der Waals surface area contributed by atoms with Crippen molar-refractivity contribution in [3.05, 3.63) is 0 Å². The van der Waals surface area contributed by atoms with Gasteiger partial charge in [-0.1, -0.05) is 84.1 Å². The van der Waals surface area contributed by atoms with Crippen LogP contribution in [-0.2, 0) is 0 Å². The standard InChI is InChI=1S/C5H12.C4H10S.5CH4/c2*1-3-5-4-2;;;;;/h3-5H2,1-2H3;3-4H2,1-2H3;5*1H4. The summed E-state index contributed by atoms with van der Waals surface area (Å²) in [6, 6.07) is 0. The number of hydrogen-bond acceptors (Lipinski definition) is 1. The first kappa shape index (κ1) is 45.3. The lowest BCUT2D eigenvalue weighted by Gasteiger charge is -1.80. The van der Waals surface area contributed by atoms with Gasteiger partial charge in [-0.05, 0) is 11.5 Å². The SMILES string of the molecule is C.C.C.C.C.CCCCC.CCSCC. The Morgan fingerprint density at radius 2 is 0.867 bits per heavy atom. The summed E-state index contributed by atoms with van der Waals surface area (Å²) in [4.78, 5) is 0. The van der Waals surface area contributed by atoms with Crippen LogP contribution in [0.4, 0.5) is 0 Å². The molecule has 0 aromatic rings. The van der Waals surface area contributed by atoms with Gasteiger partial charge >= 0.3 is 0 Å². The molecule has 0 heterocycles. The molecule has 0 aromatic carbocycles. The third-order valence-electron chi connectivity index (χ3n) is 1.12. The molecule has 15 heavy (non-hydrogen) atoms. The van der Waals surface area contributed by atoms with Crippen molar-refractivity contribution in [3.63, 3.8) is 0 Å². The van der Waals surface area contributed by atoms with Gasteiger partial charge in [-0.25, -0.2) is 0 Å². The van der Waals surface area contributed by atoms with E-state index < -0.39 is 0 Å². The summed E-state index contributed by atoms with van der Waals surface area (Å²) in [7, 11) is 0. The predicted molar refractivity (Wildman–Crippen MR) is 87.5 cm³/mol. The molecule has 0 bridgehead atoms. The Kier molecular flexibility index (Phi) is 192. The summed E-state index contributed by atoms with van der Waals surface area (Å²) in [5.74, 6) is 2.52. The highest BCUT2D eigenvalue weighted by atomic mass is 32.2. The van der Waals surface area contributed by atoms with E-state index >= 15 is 0 Å². The van der Waals surface area contributed by atoms with E-state index in [-0.39, 0.29) is 37.1 Å². The van der Waals surface area contributed by atoms with Crippen LogP contribution in [0.5, 0.6) is 0 Å². The molecule has 0 saturated carbocycles. The Morgan fingerprint density at radius 3 is 0.867 bits per heavy atom. The van der Waals surface area contributed by atoms with Crippen LogP contribution < -0.4 is 0 Å². The van der Waals surface area contributed by atoms with Gasteiger partial charge in [0.1, 0.15) is 0 Å². The monoisotopic (exact) mass is 242 g/mol. The normalized spacial score (nSPS) is 5.60. The summed E-state index contributed by atoms with van der Waals surface area (Å²) in [6.45, 7) is 8.77. The minimum absolute atomic E-state index is 0. The Balaban J connectivity index is -0.0000000128. The number of unbranched alkanes of at least 4 members (excludes halogenated alkanes) is 2. The van der Waals surface area contributed by atoms with Crippen LogP contribution in [0.15, 0.2) is 0 Å². The Morgan fingerprint density at radius 1 is 0.600 bits per heavy atom. The van der Waals surface area contributed by atoms with Gasteiger partial charge in [0, 0.05) is 0 Å². The lowest BCUT2D eigenvalue weighted by atomic mass is 10.3. The van der Waals surface area contributed by atoms with Gasteiger partial charge in [-0.15, -0.1) is 0 Å². The summed E-state index contributed by atoms with van der Waals surface area (Å²) < 4.78 is 0. The van der Waals surface area contributed by atoms with Crippen LogP contribution in [0.2, 0.25) is 0 Å². The lowest BCUT2D eigenvalue weighted by molar-refractivity contribution is 0.772. The van der Waals surface area contributed by atoms with Gasteiger partial charge in [-0.3, -0.25) is 0 Å². The molecule has 0 unspecified atom stereocenters. The Hall–Kier alpha value is 0.350. The average molecular weight is 243 g/mol. The van der Waals surface area contributed by atoms with Crippen LogP contribution >= 0.6 is 11.8 Å². The molecular weight excluding hydrogens is 200 g/mol. The van der Waals surface area contributed by atoms with Crippen LogP contribution in [0.1, 0.15) is 84.1 Å². The maximum atomic E-state index is 2.21. The zero-order valence-corrected chi connectivity index (χ0v) is 8.76. The second-order valence-electron chi connectivity index (χ2n) is 2.14. The molecule has 0 N–H and O–H groups in total. The van der Waals surface area contributed by atoms with E-state index in [9.17, 15) is 0 Å². The average Bonchev–Trinajstić information content (AvgIpc) is 1.93. The van der Waals surface area contributed by atoms with Gasteiger partial charge in [0.15, 0.2) is 0 Å². The summed E-state index contributed by atoms with van der Waals surface area (Å²) in [5.41, 5.74) is 0. The van der Waals surface area contributed by atoms with Crippen molar-refractivity contribution in [3.8, 4) is 0 Å². The van der Waals surface area contributed by atoms with Crippen molar-refractivity contribution >= 4 is 11.8 Å². The molecule has 0 radical (unpaired) electrons. The minimum Gasteiger partial charge on any atom is -0.163 e. The first-order chi connectivity index (χ1) is 4.83. The molecule has 0 aromatic heterocycles. The molecule has 0 fully saturated rings. The Bertz CT molecular complexity index is 26.3. The van der Waals surface area contributed by atoms with Crippen LogP contribution in [0.25, 0.3) is 0 Å². The van der Waals surface area contributed by atoms with E-state index in [1.807, 2.05) is 11.8 Å². The summed E-state index contributed by atoms with van der Waals surface area (Å²) in [5, 5.41) is 0. The fourth-order valence-corrected chi connectivity index (χ4v) is 0.966. The number of rotatable bonds is 4. The van der Waals surface area contributed by atoms with E-state index in [1.165, 1.54) is 30.8 Å². The summed E-state index contributed by atoms with van der Waals surface area (Å²) >= 11 is 1.96. The second-order valence-corrected chi connectivity index (χ2v) is 3.70. The molecule has 0 aliphatic carbocycles. The van der Waals surface area contributed by atoms with Crippen LogP contribution in [0, 0.1) is 0 Å². The van der Waals surface area contributed by atoms with E-state index in [0.717, 1.165) is 0 Å². The molecule has 0 aliphatic rings. The lowest BCUT2D eigenvalue weighted by Crippen LogP contribution is -1.64. The molecule has 0 amide bonds. The van der Waals surface area contributed by atoms with Gasteiger partial charge in [0.25, 0.3) is 0 Å². The topological polar surface area (TPSA) is 0 Å². The quantitative estimate of drug-likeness (QED) is 0.505. The maximum Gasteiger partial charge on any atom is -0.00961 e. The van der Waals surface area contributed by atoms with E-state index in [2.05, 4.69) is 27.7 Å². The van der Waals surface area contributed by atoms with Crippen molar-refractivity contribution in [2.24, 2.45) is 0 Å². The second kappa shape index (κ2) is 63.4. The van der Waals surface area contributed by atoms with Crippen molar-refractivity contribution in [1.82, 2.24) is 0 Å². The molecular formula is C14H42S. The molecule has 0 spiro atoms. The maximum absolute atomic E-state index is 2.21. The zero-order valence-electron chi connectivity index (χ0n) is 7.94. The van der Waals surface area contributed by atoms with Crippen molar-refractivity contribution in [1.29, 1.82) is 0 Å². The molecule has 0 nitrogen and oxygen atoms in total. The fourth-order valence-electron chi connectivity index (χ4n) is 0.558. The third-order valence-corrected chi connectivity index (χ3v) is 1.93. The van der Waals surface area contributed by atoms with Crippen molar-refractivity contribution < 1.29 is 0 Å². The molecule has 1 heteroatoms. The zero-order chi connectivity index (χ0) is 8.24. The largest absolute Gasteiger partial charge is 0.163 e. The van der Waals surface area contributed by atoms with Gasteiger partial charge in [0.05, 0.1) is 0 Å². The Labute approximate surface area is 108 Å².